The van der Waals surface area contributed by atoms with Gasteiger partial charge in [0.25, 0.3) is 11.5 Å². The molecule has 0 radical (unpaired) electrons. The minimum atomic E-state index is -0.868. The highest BCUT2D eigenvalue weighted by molar-refractivity contribution is 9.10. The zero-order valence-electron chi connectivity index (χ0n) is 21.0. The maximum absolute atomic E-state index is 14.2. The number of hydrogen-bond acceptors (Lipinski definition) is 7. The maximum Gasteiger partial charge on any atom is 0.338 e. The molecule has 0 N–H and O–H groups in total. The van der Waals surface area contributed by atoms with Crippen LogP contribution >= 0.6 is 43.2 Å². The van der Waals surface area contributed by atoms with E-state index in [2.05, 4.69) is 36.9 Å². The highest BCUT2D eigenvalue weighted by atomic mass is 79.9. The largest absolute Gasteiger partial charge is 0.496 e. The van der Waals surface area contributed by atoms with E-state index in [4.69, 9.17) is 9.47 Å². The van der Waals surface area contributed by atoms with Gasteiger partial charge in [-0.25, -0.2) is 9.79 Å². The summed E-state index contributed by atoms with van der Waals surface area (Å²) < 4.78 is 14.3. The lowest BCUT2D eigenvalue weighted by Gasteiger charge is -2.26. The van der Waals surface area contributed by atoms with Gasteiger partial charge in [-0.2, -0.15) is 0 Å². The van der Waals surface area contributed by atoms with Gasteiger partial charge in [0.1, 0.15) is 16.3 Å². The van der Waals surface area contributed by atoms with Crippen molar-refractivity contribution in [2.24, 2.45) is 4.99 Å². The number of esters is 1. The second kappa shape index (κ2) is 10.3. The number of carbonyl (C=O) groups is 2. The minimum Gasteiger partial charge on any atom is -0.496 e. The summed E-state index contributed by atoms with van der Waals surface area (Å²) in [6, 6.07) is 10.1. The highest BCUT2D eigenvalue weighted by Gasteiger charge is 2.38. The van der Waals surface area contributed by atoms with Crippen molar-refractivity contribution in [1.82, 2.24) is 4.57 Å². The van der Waals surface area contributed by atoms with Crippen LogP contribution in [-0.4, -0.2) is 36.7 Å². The third-order valence-corrected chi connectivity index (χ3v) is 8.54. The third-order valence-electron chi connectivity index (χ3n) is 6.50. The number of amides is 1. The lowest BCUT2D eigenvalue weighted by Crippen LogP contribution is -2.41. The second-order valence-corrected chi connectivity index (χ2v) is 11.4. The molecule has 196 valence electrons. The minimum absolute atomic E-state index is 0.166. The van der Waals surface area contributed by atoms with Gasteiger partial charge in [-0.05, 0) is 57.2 Å². The molecule has 3 aromatic rings. The number of allylic oxidation sites excluding steroid dienone is 1. The molecule has 1 amide bonds. The normalized spacial score (nSPS) is 17.8. The molecule has 0 saturated heterocycles. The van der Waals surface area contributed by atoms with Gasteiger partial charge in [0.05, 0.1) is 36.2 Å². The van der Waals surface area contributed by atoms with Gasteiger partial charge in [0.15, 0.2) is 4.80 Å². The molecular weight excluding hydrogens is 638 g/mol. The van der Waals surface area contributed by atoms with Crippen LogP contribution in [0, 0.1) is 0 Å². The third kappa shape index (κ3) is 4.17. The molecule has 38 heavy (non-hydrogen) atoms. The van der Waals surface area contributed by atoms with Crippen molar-refractivity contribution in [3.05, 3.63) is 87.4 Å². The lowest BCUT2D eigenvalue weighted by molar-refractivity contribution is -0.139. The van der Waals surface area contributed by atoms with Crippen LogP contribution in [0.2, 0.25) is 0 Å². The Hall–Kier alpha value is -3.02. The first-order valence-electron chi connectivity index (χ1n) is 11.9. The Morgan fingerprint density at radius 1 is 1.11 bits per heavy atom. The van der Waals surface area contributed by atoms with Crippen LogP contribution in [0.15, 0.2) is 66.4 Å². The summed E-state index contributed by atoms with van der Waals surface area (Å²) in [4.78, 5) is 47.7. The van der Waals surface area contributed by atoms with Gasteiger partial charge >= 0.3 is 5.97 Å². The van der Waals surface area contributed by atoms with Crippen LogP contribution in [0.4, 0.5) is 5.69 Å². The number of methoxy groups -OCH3 is 1. The van der Waals surface area contributed by atoms with E-state index in [1.165, 1.54) is 11.7 Å². The quantitative estimate of drug-likeness (QED) is 0.385. The van der Waals surface area contributed by atoms with E-state index < -0.39 is 17.6 Å². The van der Waals surface area contributed by atoms with Crippen LogP contribution < -0.4 is 24.5 Å². The second-order valence-electron chi connectivity index (χ2n) is 8.59. The number of carbonyl (C=O) groups excluding carboxylic acids is 2. The van der Waals surface area contributed by atoms with Crippen molar-refractivity contribution in [1.29, 1.82) is 0 Å². The molecule has 8 nitrogen and oxygen atoms in total. The number of ether oxygens (including phenoxy) is 2. The smallest absolute Gasteiger partial charge is 0.338 e. The fourth-order valence-corrected chi connectivity index (χ4v) is 6.77. The van der Waals surface area contributed by atoms with Crippen molar-refractivity contribution in [2.75, 3.05) is 25.2 Å². The number of hydrogen-bond donors (Lipinski definition) is 0. The van der Waals surface area contributed by atoms with Crippen LogP contribution in [-0.2, 0) is 14.3 Å². The molecule has 1 atom stereocenters. The van der Waals surface area contributed by atoms with Gasteiger partial charge in [0.2, 0.25) is 0 Å². The van der Waals surface area contributed by atoms with Gasteiger partial charge < -0.3 is 14.4 Å². The molecule has 2 aliphatic rings. The summed E-state index contributed by atoms with van der Waals surface area (Å²) in [6.07, 6.45) is 0. The SMILES string of the molecule is CCOC(=O)C1=C(C)N=c2s/c(=C3\C(=O)N(CC)c4ccc(Br)cc43)c(=O)n2[C@@H]1c1cc(Br)ccc1OC. The zero-order valence-corrected chi connectivity index (χ0v) is 25.0. The molecule has 3 heterocycles. The molecule has 2 aromatic carbocycles. The monoisotopic (exact) mass is 659 g/mol. The summed E-state index contributed by atoms with van der Waals surface area (Å²) >= 11 is 8.14. The summed E-state index contributed by atoms with van der Waals surface area (Å²) in [5, 5.41) is 0. The predicted octanol–water partition coefficient (Wildman–Crippen LogP) is 4.07. The number of fused-ring (bicyclic) bond motifs is 2. The van der Waals surface area contributed by atoms with Gasteiger partial charge in [-0.15, -0.1) is 0 Å². The number of halogens is 2. The number of benzene rings is 2. The Labute approximate surface area is 239 Å². The first kappa shape index (κ1) is 26.6. The van der Waals surface area contributed by atoms with Gasteiger partial charge in [-0.1, -0.05) is 43.2 Å². The summed E-state index contributed by atoms with van der Waals surface area (Å²) in [6.45, 7) is 5.96. The Balaban J connectivity index is 1.87. The van der Waals surface area contributed by atoms with E-state index in [1.54, 1.807) is 24.8 Å². The number of thiazole rings is 1. The first-order valence-corrected chi connectivity index (χ1v) is 14.3. The van der Waals surface area contributed by atoms with E-state index >= 15 is 0 Å². The van der Waals surface area contributed by atoms with E-state index in [0.717, 1.165) is 26.0 Å². The average molecular weight is 661 g/mol. The topological polar surface area (TPSA) is 90.2 Å². The number of anilines is 1. The van der Waals surface area contributed by atoms with E-state index in [-0.39, 0.29) is 22.6 Å². The van der Waals surface area contributed by atoms with E-state index in [1.807, 2.05) is 37.3 Å². The number of nitrogens with zero attached hydrogens (tertiary/aromatic N) is 3. The molecule has 0 bridgehead atoms. The van der Waals surface area contributed by atoms with Crippen molar-refractivity contribution in [3.8, 4) is 5.75 Å². The van der Waals surface area contributed by atoms with Crippen LogP contribution in [0.1, 0.15) is 37.9 Å². The summed E-state index contributed by atoms with van der Waals surface area (Å²) in [5.41, 5.74) is 2.60. The number of aromatic nitrogens is 1. The molecular formula is C27H23Br2N3O5S. The van der Waals surface area contributed by atoms with Crippen molar-refractivity contribution in [2.45, 2.75) is 26.8 Å². The van der Waals surface area contributed by atoms with Gasteiger partial charge in [0, 0.05) is 26.6 Å². The predicted molar refractivity (Wildman–Crippen MR) is 152 cm³/mol. The molecule has 1 aromatic heterocycles. The molecule has 5 rings (SSSR count). The fourth-order valence-electron chi connectivity index (χ4n) is 4.89. The fraction of sp³-hybridized carbons (Fsp3) is 0.259. The van der Waals surface area contributed by atoms with E-state index in [9.17, 15) is 14.4 Å². The first-order chi connectivity index (χ1) is 18.2. The Morgan fingerprint density at radius 2 is 1.82 bits per heavy atom. The molecule has 0 fully saturated rings. The summed E-state index contributed by atoms with van der Waals surface area (Å²) in [5.74, 6) is -0.317. The highest BCUT2D eigenvalue weighted by Crippen LogP contribution is 2.39. The van der Waals surface area contributed by atoms with Gasteiger partial charge in [-0.3, -0.25) is 14.2 Å². The Bertz CT molecular complexity index is 1720. The summed E-state index contributed by atoms with van der Waals surface area (Å²) in [7, 11) is 1.53. The number of rotatable bonds is 5. The Kier molecular flexibility index (Phi) is 7.19. The molecule has 0 aliphatic carbocycles. The average Bonchev–Trinajstić information content (AvgIpc) is 3.34. The van der Waals surface area contributed by atoms with Crippen molar-refractivity contribution < 1.29 is 19.1 Å². The molecule has 0 spiro atoms. The molecule has 11 heteroatoms. The number of likely N-dealkylation sites (N-methyl/N-ethyl adjacent to an activating group) is 1. The standard InChI is InChI=1S/C27H23Br2N3O5S/c1-5-31-18-9-7-14(28)11-16(18)21(24(31)33)23-25(34)32-22(17-12-15(29)8-10-19(17)36-4)20(26(35)37-6-2)13(3)30-27(32)38-23/h7-12,22H,5-6H2,1-4H3/b23-21-/t22-/m1/s1. The molecule has 0 unspecified atom stereocenters. The van der Waals surface area contributed by atoms with Crippen molar-refractivity contribution >= 4 is 66.3 Å². The van der Waals surface area contributed by atoms with Crippen LogP contribution in [0.25, 0.3) is 5.57 Å². The van der Waals surface area contributed by atoms with E-state index in [0.29, 0.717) is 39.5 Å². The maximum atomic E-state index is 14.2. The van der Waals surface area contributed by atoms with Crippen molar-refractivity contribution in [3.63, 3.8) is 0 Å². The van der Waals surface area contributed by atoms with Crippen LogP contribution in [0.3, 0.4) is 0 Å². The zero-order chi connectivity index (χ0) is 27.3. The Morgan fingerprint density at radius 3 is 2.50 bits per heavy atom. The molecule has 0 saturated carbocycles. The lowest BCUT2D eigenvalue weighted by atomic mass is 9.95. The molecule has 2 aliphatic heterocycles. The van der Waals surface area contributed by atoms with Crippen LogP contribution in [0.5, 0.6) is 5.75 Å².